The zero-order valence-electron chi connectivity index (χ0n) is 9.64. The number of hydrogen-bond acceptors (Lipinski definition) is 5. The zero-order chi connectivity index (χ0) is 12.7. The van der Waals surface area contributed by atoms with Crippen molar-refractivity contribution >= 4 is 24.5 Å². The average Bonchev–Trinajstić information content (AvgIpc) is 2.67. The summed E-state index contributed by atoms with van der Waals surface area (Å²) in [5.74, 6) is 0.344. The monoisotopic (exact) mass is 234 g/mol. The van der Waals surface area contributed by atoms with Gasteiger partial charge in [-0.3, -0.25) is 9.79 Å². The van der Waals surface area contributed by atoms with E-state index in [2.05, 4.69) is 20.3 Å². The second-order valence-corrected chi connectivity index (χ2v) is 3.10. The van der Waals surface area contributed by atoms with E-state index >= 15 is 0 Å². The maximum absolute atomic E-state index is 10.2. The first kappa shape index (κ1) is 12.7. The summed E-state index contributed by atoms with van der Waals surface area (Å²) in [5, 5.41) is 12.3. The second kappa shape index (κ2) is 6.26. The van der Waals surface area contributed by atoms with Gasteiger partial charge in [0.05, 0.1) is 0 Å². The van der Waals surface area contributed by atoms with Crippen LogP contribution in [0.25, 0.3) is 6.08 Å². The van der Waals surface area contributed by atoms with Gasteiger partial charge in [-0.1, -0.05) is 6.08 Å². The minimum absolute atomic E-state index is 0.115. The minimum Gasteiger partial charge on any atom is -0.492 e. The number of aliphatic imine (C=N–C) groups is 1. The van der Waals surface area contributed by atoms with E-state index in [1.54, 1.807) is 32.5 Å². The molecule has 17 heavy (non-hydrogen) atoms. The fraction of sp³-hybridized carbons (Fsp3) is 0.182. The van der Waals surface area contributed by atoms with Gasteiger partial charge in [-0.05, 0) is 17.7 Å². The maximum atomic E-state index is 10.2. The molecule has 1 heterocycles. The molecule has 0 aliphatic heterocycles. The number of nitrogens with one attached hydrogen (secondary N) is 2. The lowest BCUT2D eigenvalue weighted by Gasteiger charge is -1.93. The van der Waals surface area contributed by atoms with Gasteiger partial charge in [0.15, 0.2) is 0 Å². The summed E-state index contributed by atoms with van der Waals surface area (Å²) < 4.78 is 0. The molecule has 1 aromatic rings. The number of anilines is 1. The van der Waals surface area contributed by atoms with Gasteiger partial charge in [0.2, 0.25) is 11.8 Å². The molecule has 0 atom stereocenters. The predicted molar refractivity (Wildman–Crippen MR) is 67.4 cm³/mol. The normalized spacial score (nSPS) is 12.5. The number of imidazole rings is 1. The summed E-state index contributed by atoms with van der Waals surface area (Å²) in [5.41, 5.74) is 1.11. The summed E-state index contributed by atoms with van der Waals surface area (Å²) in [4.78, 5) is 20.8. The lowest BCUT2D eigenvalue weighted by Crippen LogP contribution is -1.89. The van der Waals surface area contributed by atoms with Crippen molar-refractivity contribution in [2.45, 2.75) is 0 Å². The van der Waals surface area contributed by atoms with Crippen LogP contribution in [-0.4, -0.2) is 41.7 Å². The third kappa shape index (κ3) is 3.60. The van der Waals surface area contributed by atoms with Crippen LogP contribution in [0.2, 0.25) is 0 Å². The molecule has 0 spiro atoms. The Bertz CT molecular complexity index is 472. The molecule has 90 valence electrons. The highest BCUT2D eigenvalue weighted by atomic mass is 16.3. The molecular weight excluding hydrogens is 220 g/mol. The van der Waals surface area contributed by atoms with E-state index in [4.69, 9.17) is 0 Å². The van der Waals surface area contributed by atoms with Gasteiger partial charge in [0.1, 0.15) is 12.0 Å². The molecule has 1 aromatic heterocycles. The number of aromatic nitrogens is 2. The molecule has 0 saturated heterocycles. The number of aromatic hydroxyl groups is 1. The van der Waals surface area contributed by atoms with Crippen molar-refractivity contribution in [3.63, 3.8) is 0 Å². The summed E-state index contributed by atoms with van der Waals surface area (Å²) in [6, 6.07) is 0. The van der Waals surface area contributed by atoms with Crippen LogP contribution in [0.4, 0.5) is 5.95 Å². The predicted octanol–water partition coefficient (Wildman–Crippen LogP) is 0.996. The third-order valence-electron chi connectivity index (χ3n) is 1.90. The van der Waals surface area contributed by atoms with Gasteiger partial charge >= 0.3 is 0 Å². The van der Waals surface area contributed by atoms with E-state index in [1.807, 2.05) is 0 Å². The maximum Gasteiger partial charge on any atom is 0.238 e. The number of H-pyrrole nitrogens is 1. The Morgan fingerprint density at radius 2 is 2.35 bits per heavy atom. The fourth-order valence-electron chi connectivity index (χ4n) is 1.19. The van der Waals surface area contributed by atoms with Crippen LogP contribution in [-0.2, 0) is 4.79 Å². The lowest BCUT2D eigenvalue weighted by molar-refractivity contribution is -0.104. The molecule has 0 unspecified atom stereocenters. The van der Waals surface area contributed by atoms with Crippen molar-refractivity contribution in [3.05, 3.63) is 23.4 Å². The number of aldehydes is 1. The van der Waals surface area contributed by atoms with Crippen LogP contribution in [0.3, 0.4) is 0 Å². The van der Waals surface area contributed by atoms with Gasteiger partial charge in [-0.25, -0.2) is 0 Å². The summed E-state index contributed by atoms with van der Waals surface area (Å²) in [6.07, 6.45) is 6.80. The van der Waals surface area contributed by atoms with Gasteiger partial charge in [-0.2, -0.15) is 4.98 Å². The molecule has 0 aliphatic rings. The summed E-state index contributed by atoms with van der Waals surface area (Å²) in [7, 11) is 3.31. The Morgan fingerprint density at radius 1 is 1.59 bits per heavy atom. The Morgan fingerprint density at radius 3 is 2.88 bits per heavy atom. The number of nitrogens with zero attached hydrogens (tertiary/aromatic N) is 2. The smallest absolute Gasteiger partial charge is 0.238 e. The van der Waals surface area contributed by atoms with Crippen LogP contribution in [0, 0.1) is 0 Å². The fourth-order valence-corrected chi connectivity index (χ4v) is 1.19. The first-order valence-electron chi connectivity index (χ1n) is 4.93. The van der Waals surface area contributed by atoms with Gasteiger partial charge in [0, 0.05) is 20.3 Å². The number of allylic oxidation sites excluding steroid dienone is 3. The van der Waals surface area contributed by atoms with Crippen molar-refractivity contribution in [2.75, 3.05) is 19.4 Å². The van der Waals surface area contributed by atoms with Crippen molar-refractivity contribution < 1.29 is 9.90 Å². The van der Waals surface area contributed by atoms with Crippen molar-refractivity contribution in [3.8, 4) is 5.88 Å². The molecule has 6 heteroatoms. The molecule has 3 N–H and O–H groups in total. The van der Waals surface area contributed by atoms with Gasteiger partial charge in [-0.15, -0.1) is 0 Å². The number of aromatic amines is 1. The molecule has 0 fully saturated rings. The number of carbonyl (C=O) groups is 1. The molecule has 0 saturated carbocycles. The Balaban J connectivity index is 3.06. The van der Waals surface area contributed by atoms with E-state index in [9.17, 15) is 9.90 Å². The topological polar surface area (TPSA) is 90.4 Å². The summed E-state index contributed by atoms with van der Waals surface area (Å²) in [6.45, 7) is 0. The first-order valence-corrected chi connectivity index (χ1v) is 4.93. The molecule has 0 bridgehead atoms. The highest BCUT2D eigenvalue weighted by Crippen LogP contribution is 2.18. The molecule has 0 aromatic carbocycles. The van der Waals surface area contributed by atoms with Crippen LogP contribution >= 0.6 is 0 Å². The van der Waals surface area contributed by atoms with E-state index in [-0.39, 0.29) is 5.88 Å². The van der Waals surface area contributed by atoms with Gasteiger partial charge < -0.3 is 15.4 Å². The largest absolute Gasteiger partial charge is 0.492 e. The highest BCUT2D eigenvalue weighted by molar-refractivity contribution is 5.90. The average molecular weight is 234 g/mol. The standard InChI is InChI=1S/C11H14N4O2/c1-12-7-8(4-3-5-16)6-9-10(17)15-11(13-2)14-9/h3-7,17H,1-2H3,(H2,13,14,15)/b4-3-,8-6?,12-7?. The molecule has 6 nitrogen and oxygen atoms in total. The van der Waals surface area contributed by atoms with Crippen molar-refractivity contribution in [1.82, 2.24) is 9.97 Å². The Labute approximate surface area is 98.8 Å². The van der Waals surface area contributed by atoms with Crippen LogP contribution in [0.1, 0.15) is 5.69 Å². The Kier molecular flexibility index (Phi) is 4.68. The molecule has 0 radical (unpaired) electrons. The molecule has 1 rings (SSSR count). The zero-order valence-corrected chi connectivity index (χ0v) is 9.64. The van der Waals surface area contributed by atoms with Crippen LogP contribution in [0.5, 0.6) is 5.88 Å². The lowest BCUT2D eigenvalue weighted by atomic mass is 10.2. The number of hydrogen-bond donors (Lipinski definition) is 3. The van der Waals surface area contributed by atoms with E-state index in [0.29, 0.717) is 23.5 Å². The number of rotatable bonds is 5. The first-order chi connectivity index (χ1) is 8.21. The van der Waals surface area contributed by atoms with Crippen molar-refractivity contribution in [2.24, 2.45) is 4.99 Å². The number of carbonyl (C=O) groups excluding carboxylic acids is 1. The highest BCUT2D eigenvalue weighted by Gasteiger charge is 2.05. The minimum atomic E-state index is -0.115. The quantitative estimate of drug-likeness (QED) is 0.307. The molecule has 0 aliphatic carbocycles. The molecule has 0 amide bonds. The summed E-state index contributed by atoms with van der Waals surface area (Å²) >= 11 is 0. The Hall–Kier alpha value is -2.37. The third-order valence-corrected chi connectivity index (χ3v) is 1.90. The van der Waals surface area contributed by atoms with E-state index in [0.717, 1.165) is 0 Å². The second-order valence-electron chi connectivity index (χ2n) is 3.10. The van der Waals surface area contributed by atoms with E-state index in [1.165, 1.54) is 6.08 Å². The van der Waals surface area contributed by atoms with Gasteiger partial charge in [0.25, 0.3) is 0 Å². The van der Waals surface area contributed by atoms with Crippen LogP contribution in [0.15, 0.2) is 22.7 Å². The van der Waals surface area contributed by atoms with Crippen molar-refractivity contribution in [1.29, 1.82) is 0 Å². The SMILES string of the molecule is CN=CC(=Cc1[nH]c(NC)nc1O)/C=C\C=O. The molecular formula is C11H14N4O2. The van der Waals surface area contributed by atoms with E-state index < -0.39 is 0 Å². The van der Waals surface area contributed by atoms with Crippen LogP contribution < -0.4 is 5.32 Å².